The smallest absolute Gasteiger partial charge is 0.345 e. The van der Waals surface area contributed by atoms with Gasteiger partial charge in [-0.05, 0) is 12.1 Å². The molecule has 122 valence electrons. The number of carbonyl (C=O) groups excluding carboxylic acids is 1. The molecule has 0 saturated heterocycles. The van der Waals surface area contributed by atoms with Gasteiger partial charge >= 0.3 is 5.97 Å². The van der Waals surface area contributed by atoms with Gasteiger partial charge in [-0.2, -0.15) is 9.97 Å². The van der Waals surface area contributed by atoms with E-state index in [4.69, 9.17) is 14.2 Å². The van der Waals surface area contributed by atoms with Crippen LogP contribution in [-0.2, 0) is 11.3 Å². The van der Waals surface area contributed by atoms with E-state index in [1.54, 1.807) is 6.07 Å². The topological polar surface area (TPSA) is 100 Å². The summed E-state index contributed by atoms with van der Waals surface area (Å²) >= 11 is 0. The van der Waals surface area contributed by atoms with E-state index in [-0.39, 0.29) is 23.7 Å². The number of ether oxygens (including phenoxy) is 4. The van der Waals surface area contributed by atoms with Crippen LogP contribution in [0.4, 0.5) is 0 Å². The second-order valence-corrected chi connectivity index (χ2v) is 4.30. The normalized spacial score (nSPS) is 10.0. The number of rotatable bonds is 6. The molecule has 0 amide bonds. The summed E-state index contributed by atoms with van der Waals surface area (Å²) in [6, 6.07) is 5.97. The summed E-state index contributed by atoms with van der Waals surface area (Å²) < 4.78 is 20.3. The van der Waals surface area contributed by atoms with Crippen LogP contribution in [0, 0.1) is 0 Å². The van der Waals surface area contributed by atoms with Crippen molar-refractivity contribution in [1.82, 2.24) is 9.97 Å². The van der Waals surface area contributed by atoms with Gasteiger partial charge in [0, 0.05) is 0 Å². The monoisotopic (exact) mass is 320 g/mol. The summed E-state index contributed by atoms with van der Waals surface area (Å²) in [5.41, 5.74) is -0.0649. The second kappa shape index (κ2) is 7.30. The fourth-order valence-corrected chi connectivity index (χ4v) is 1.81. The van der Waals surface area contributed by atoms with Gasteiger partial charge in [-0.3, -0.25) is 0 Å². The van der Waals surface area contributed by atoms with E-state index in [9.17, 15) is 9.90 Å². The van der Waals surface area contributed by atoms with E-state index in [2.05, 4.69) is 14.7 Å². The number of carbonyl (C=O) groups is 1. The summed E-state index contributed by atoms with van der Waals surface area (Å²) in [4.78, 5) is 20.0. The molecule has 1 aromatic heterocycles. The number of hydrogen-bond acceptors (Lipinski definition) is 8. The van der Waals surface area contributed by atoms with Gasteiger partial charge in [-0.25, -0.2) is 4.79 Å². The van der Waals surface area contributed by atoms with E-state index >= 15 is 0 Å². The van der Waals surface area contributed by atoms with Gasteiger partial charge in [0.25, 0.3) is 0 Å². The lowest BCUT2D eigenvalue weighted by Crippen LogP contribution is -2.08. The summed E-state index contributed by atoms with van der Waals surface area (Å²) in [6.45, 7) is -0.0546. The Morgan fingerprint density at radius 3 is 2.35 bits per heavy atom. The van der Waals surface area contributed by atoms with Crippen LogP contribution in [0.1, 0.15) is 16.2 Å². The molecule has 0 aliphatic rings. The third-order valence-corrected chi connectivity index (χ3v) is 2.89. The highest BCUT2D eigenvalue weighted by molar-refractivity contribution is 5.95. The van der Waals surface area contributed by atoms with Crippen LogP contribution >= 0.6 is 0 Å². The Labute approximate surface area is 132 Å². The quantitative estimate of drug-likeness (QED) is 0.801. The first kappa shape index (κ1) is 16.3. The molecule has 0 unspecified atom stereocenters. The number of hydrogen-bond donors (Lipinski definition) is 1. The highest BCUT2D eigenvalue weighted by Crippen LogP contribution is 2.28. The SMILES string of the molecule is COC(=O)c1c(O)cccc1OCc1nc(OC)cc(OC)n1. The van der Waals surface area contributed by atoms with Crippen molar-refractivity contribution in [2.24, 2.45) is 0 Å². The predicted octanol–water partition coefficient (Wildman–Crippen LogP) is 1.56. The molecule has 0 bridgehead atoms. The van der Waals surface area contributed by atoms with Crippen molar-refractivity contribution < 1.29 is 28.8 Å². The maximum atomic E-state index is 11.7. The van der Waals surface area contributed by atoms with Crippen LogP contribution in [0.15, 0.2) is 24.3 Å². The molecule has 0 aliphatic carbocycles. The van der Waals surface area contributed by atoms with Crippen molar-refractivity contribution >= 4 is 5.97 Å². The van der Waals surface area contributed by atoms with Crippen LogP contribution < -0.4 is 14.2 Å². The van der Waals surface area contributed by atoms with E-state index in [0.717, 1.165) is 0 Å². The lowest BCUT2D eigenvalue weighted by molar-refractivity contribution is 0.0591. The van der Waals surface area contributed by atoms with Crippen molar-refractivity contribution in [3.63, 3.8) is 0 Å². The molecule has 1 heterocycles. The first-order valence-corrected chi connectivity index (χ1v) is 6.58. The molecule has 23 heavy (non-hydrogen) atoms. The number of benzene rings is 1. The van der Waals surface area contributed by atoms with Crippen molar-refractivity contribution in [1.29, 1.82) is 0 Å². The van der Waals surface area contributed by atoms with E-state index in [1.165, 1.54) is 39.5 Å². The minimum atomic E-state index is -0.706. The van der Waals surface area contributed by atoms with Crippen LogP contribution in [0.3, 0.4) is 0 Å². The highest BCUT2D eigenvalue weighted by Gasteiger charge is 2.18. The molecule has 1 aromatic carbocycles. The van der Waals surface area contributed by atoms with Crippen molar-refractivity contribution in [2.75, 3.05) is 21.3 Å². The number of nitrogens with zero attached hydrogens (tertiary/aromatic N) is 2. The average Bonchev–Trinajstić information content (AvgIpc) is 2.58. The largest absolute Gasteiger partial charge is 0.507 e. The van der Waals surface area contributed by atoms with Crippen molar-refractivity contribution in [3.8, 4) is 23.3 Å². The maximum Gasteiger partial charge on any atom is 0.345 e. The number of phenolic OH excluding ortho intramolecular Hbond substituents is 1. The molecule has 0 atom stereocenters. The lowest BCUT2D eigenvalue weighted by atomic mass is 10.2. The third kappa shape index (κ3) is 3.79. The Hall–Kier alpha value is -3.03. The van der Waals surface area contributed by atoms with Crippen LogP contribution in [0.2, 0.25) is 0 Å². The van der Waals surface area contributed by atoms with E-state index in [1.807, 2.05) is 0 Å². The zero-order valence-electron chi connectivity index (χ0n) is 12.9. The minimum absolute atomic E-state index is 0.0546. The van der Waals surface area contributed by atoms with Gasteiger partial charge in [0.15, 0.2) is 5.82 Å². The molecule has 0 saturated carbocycles. The number of aromatic hydroxyl groups is 1. The summed E-state index contributed by atoms with van der Waals surface area (Å²) in [5.74, 6) is 0.141. The standard InChI is InChI=1S/C15H16N2O6/c1-20-12-7-13(21-2)17-11(16-12)8-23-10-6-4-5-9(18)14(10)15(19)22-3/h4-7,18H,8H2,1-3H3. The Morgan fingerprint density at radius 1 is 1.13 bits per heavy atom. The second-order valence-electron chi connectivity index (χ2n) is 4.30. The van der Waals surface area contributed by atoms with Gasteiger partial charge in [0.2, 0.25) is 11.8 Å². The van der Waals surface area contributed by atoms with Gasteiger partial charge in [-0.15, -0.1) is 0 Å². The first-order valence-electron chi connectivity index (χ1n) is 6.58. The highest BCUT2D eigenvalue weighted by atomic mass is 16.5. The fourth-order valence-electron chi connectivity index (χ4n) is 1.81. The molecule has 0 aliphatic heterocycles. The molecule has 0 radical (unpaired) electrons. The number of phenols is 1. The minimum Gasteiger partial charge on any atom is -0.507 e. The van der Waals surface area contributed by atoms with E-state index < -0.39 is 5.97 Å². The van der Waals surface area contributed by atoms with E-state index in [0.29, 0.717) is 17.6 Å². The molecular weight excluding hydrogens is 304 g/mol. The van der Waals surface area contributed by atoms with Gasteiger partial charge in [0.05, 0.1) is 27.4 Å². The maximum absolute atomic E-state index is 11.7. The molecule has 8 heteroatoms. The van der Waals surface area contributed by atoms with Crippen LogP contribution in [0.5, 0.6) is 23.3 Å². The zero-order valence-corrected chi connectivity index (χ0v) is 12.9. The van der Waals surface area contributed by atoms with Gasteiger partial charge in [-0.1, -0.05) is 6.07 Å². The van der Waals surface area contributed by atoms with Gasteiger partial charge < -0.3 is 24.1 Å². The Morgan fingerprint density at radius 2 is 1.78 bits per heavy atom. The fraction of sp³-hybridized carbons (Fsp3) is 0.267. The first-order chi connectivity index (χ1) is 11.1. The number of esters is 1. The number of aromatic nitrogens is 2. The molecule has 2 rings (SSSR count). The molecule has 0 fully saturated rings. The summed E-state index contributed by atoms with van der Waals surface area (Å²) in [7, 11) is 4.16. The van der Waals surface area contributed by atoms with Crippen molar-refractivity contribution in [2.45, 2.75) is 6.61 Å². The summed E-state index contributed by atoms with van der Waals surface area (Å²) in [6.07, 6.45) is 0. The molecule has 0 spiro atoms. The summed E-state index contributed by atoms with van der Waals surface area (Å²) in [5, 5.41) is 9.80. The average molecular weight is 320 g/mol. The zero-order chi connectivity index (χ0) is 16.8. The third-order valence-electron chi connectivity index (χ3n) is 2.89. The molecule has 2 aromatic rings. The van der Waals surface area contributed by atoms with Crippen LogP contribution in [0.25, 0.3) is 0 Å². The van der Waals surface area contributed by atoms with Gasteiger partial charge in [0.1, 0.15) is 23.7 Å². The lowest BCUT2D eigenvalue weighted by Gasteiger charge is -2.11. The molecule has 1 N–H and O–H groups in total. The van der Waals surface area contributed by atoms with Crippen molar-refractivity contribution in [3.05, 3.63) is 35.7 Å². The molecule has 8 nitrogen and oxygen atoms in total. The predicted molar refractivity (Wildman–Crippen MR) is 78.9 cm³/mol. The Balaban J connectivity index is 2.25. The molecular formula is C15H16N2O6. The number of methoxy groups -OCH3 is 3. The van der Waals surface area contributed by atoms with Crippen LogP contribution in [-0.4, -0.2) is 42.4 Å². The Kier molecular flexibility index (Phi) is 5.19. The Bertz CT molecular complexity index is 682.